The Morgan fingerprint density at radius 2 is 2.05 bits per heavy atom. The zero-order valence-electron chi connectivity index (χ0n) is 12.6. The molecule has 1 aliphatic rings. The molecule has 1 fully saturated rings. The van der Waals surface area contributed by atoms with Gasteiger partial charge in [-0.05, 0) is 57.7 Å². The third-order valence-electron chi connectivity index (χ3n) is 4.30. The molecule has 0 spiro atoms. The molecule has 1 heterocycles. The van der Waals surface area contributed by atoms with E-state index >= 15 is 0 Å². The molecule has 0 bridgehead atoms. The van der Waals surface area contributed by atoms with Gasteiger partial charge < -0.3 is 14.4 Å². The van der Waals surface area contributed by atoms with E-state index in [0.717, 1.165) is 28.2 Å². The van der Waals surface area contributed by atoms with Gasteiger partial charge >= 0.3 is 0 Å². The number of rotatable bonds is 3. The summed E-state index contributed by atoms with van der Waals surface area (Å²) in [4.78, 5) is 4.67. The van der Waals surface area contributed by atoms with Gasteiger partial charge in [-0.2, -0.15) is 0 Å². The van der Waals surface area contributed by atoms with Crippen LogP contribution in [0.4, 0.5) is 0 Å². The van der Waals surface area contributed by atoms with E-state index in [2.05, 4.69) is 15.6 Å². The van der Waals surface area contributed by atoms with Gasteiger partial charge in [-0.1, -0.05) is 0 Å². The molecule has 0 unspecified atom stereocenters. The summed E-state index contributed by atoms with van der Waals surface area (Å²) in [5.41, 5.74) is 1.94. The summed E-state index contributed by atoms with van der Waals surface area (Å²) < 4.78 is 7.78. The van der Waals surface area contributed by atoms with Gasteiger partial charge in [0.15, 0.2) is 0 Å². The highest BCUT2D eigenvalue weighted by Gasteiger charge is 2.26. The Morgan fingerprint density at radius 3 is 2.55 bits per heavy atom. The molecule has 4 heteroatoms. The van der Waals surface area contributed by atoms with E-state index in [1.165, 1.54) is 19.3 Å². The zero-order chi connectivity index (χ0) is 14.5. The molecule has 0 atom stereocenters. The van der Waals surface area contributed by atoms with Crippen molar-refractivity contribution in [3.8, 4) is 5.75 Å². The van der Waals surface area contributed by atoms with E-state index in [9.17, 15) is 5.11 Å². The van der Waals surface area contributed by atoms with Gasteiger partial charge in [0, 0.05) is 6.04 Å². The van der Waals surface area contributed by atoms with Crippen molar-refractivity contribution < 1.29 is 9.84 Å². The topological polar surface area (TPSA) is 47.3 Å². The van der Waals surface area contributed by atoms with Crippen molar-refractivity contribution in [3.63, 3.8) is 0 Å². The molecule has 0 aliphatic heterocycles. The number of benzene rings is 1. The molecule has 1 N–H and O–H groups in total. The molecular formula is C16H22N2O2. The summed E-state index contributed by atoms with van der Waals surface area (Å²) in [6, 6.07) is 4.48. The number of methoxy groups -OCH3 is 1. The number of aromatic nitrogens is 2. The van der Waals surface area contributed by atoms with Crippen LogP contribution in [0.1, 0.15) is 50.5 Å². The van der Waals surface area contributed by atoms with Crippen molar-refractivity contribution in [1.82, 2.24) is 9.55 Å². The first-order valence-corrected chi connectivity index (χ1v) is 7.21. The summed E-state index contributed by atoms with van der Waals surface area (Å²) in [5.74, 6) is 1.76. The van der Waals surface area contributed by atoms with Crippen molar-refractivity contribution in [3.05, 3.63) is 23.5 Å². The first-order valence-electron chi connectivity index (χ1n) is 7.21. The normalized spacial score (nSPS) is 16.4. The van der Waals surface area contributed by atoms with Gasteiger partial charge in [-0.25, -0.2) is 4.98 Å². The highest BCUT2D eigenvalue weighted by atomic mass is 16.5. The van der Waals surface area contributed by atoms with E-state index in [4.69, 9.17) is 4.74 Å². The Balaban J connectivity index is 2.27. The predicted molar refractivity (Wildman–Crippen MR) is 79.2 cm³/mol. The van der Waals surface area contributed by atoms with E-state index < -0.39 is 5.60 Å². The quantitative estimate of drug-likeness (QED) is 0.934. The lowest BCUT2D eigenvalue weighted by molar-refractivity contribution is 0.0784. The summed E-state index contributed by atoms with van der Waals surface area (Å²) in [6.07, 6.45) is 3.70. The van der Waals surface area contributed by atoms with Gasteiger partial charge in [0.1, 0.15) is 17.1 Å². The number of nitrogens with zero attached hydrogens (tertiary/aromatic N) is 2. The Morgan fingerprint density at radius 1 is 1.35 bits per heavy atom. The SMILES string of the molecule is COc1cc(C(C)(C)O)cc2c1nc(C)n2C1CCC1. The second-order valence-electron chi connectivity index (χ2n) is 6.22. The number of hydrogen-bond acceptors (Lipinski definition) is 3. The van der Waals surface area contributed by atoms with Crippen molar-refractivity contribution in [2.24, 2.45) is 0 Å². The highest BCUT2D eigenvalue weighted by Crippen LogP contribution is 2.39. The zero-order valence-corrected chi connectivity index (χ0v) is 12.6. The number of imidazole rings is 1. The molecule has 0 saturated heterocycles. The van der Waals surface area contributed by atoms with Crippen LogP contribution in [0.3, 0.4) is 0 Å². The molecule has 3 rings (SSSR count). The van der Waals surface area contributed by atoms with E-state index in [1.807, 2.05) is 13.0 Å². The average Bonchev–Trinajstić information content (AvgIpc) is 2.62. The fourth-order valence-corrected chi connectivity index (χ4v) is 2.89. The van der Waals surface area contributed by atoms with Crippen molar-refractivity contribution in [2.45, 2.75) is 51.7 Å². The minimum absolute atomic E-state index is 0.543. The fourth-order valence-electron chi connectivity index (χ4n) is 2.89. The van der Waals surface area contributed by atoms with Crippen molar-refractivity contribution in [1.29, 1.82) is 0 Å². The lowest BCUT2D eigenvalue weighted by Gasteiger charge is -2.29. The van der Waals surface area contributed by atoms with Crippen LogP contribution < -0.4 is 4.74 Å². The first kappa shape index (κ1) is 13.4. The predicted octanol–water partition coefficient (Wildman–Crippen LogP) is 3.31. The minimum Gasteiger partial charge on any atom is -0.494 e. The van der Waals surface area contributed by atoms with Gasteiger partial charge in [-0.15, -0.1) is 0 Å². The number of hydrogen-bond donors (Lipinski definition) is 1. The van der Waals surface area contributed by atoms with Crippen LogP contribution in [-0.2, 0) is 5.60 Å². The van der Waals surface area contributed by atoms with Crippen LogP contribution in [0, 0.1) is 6.92 Å². The van der Waals surface area contributed by atoms with Crippen LogP contribution in [0.5, 0.6) is 5.75 Å². The lowest BCUT2D eigenvalue weighted by Crippen LogP contribution is -2.19. The van der Waals surface area contributed by atoms with Gasteiger partial charge in [0.2, 0.25) is 0 Å². The van der Waals surface area contributed by atoms with E-state index in [-0.39, 0.29) is 0 Å². The second-order valence-corrected chi connectivity index (χ2v) is 6.22. The Bertz CT molecular complexity index is 649. The first-order chi connectivity index (χ1) is 9.41. The average molecular weight is 274 g/mol. The van der Waals surface area contributed by atoms with Crippen LogP contribution >= 0.6 is 0 Å². The molecule has 0 amide bonds. The summed E-state index contributed by atoms with van der Waals surface area (Å²) in [5, 5.41) is 10.3. The highest BCUT2D eigenvalue weighted by molar-refractivity contribution is 5.84. The summed E-state index contributed by atoms with van der Waals surface area (Å²) in [7, 11) is 1.65. The fraction of sp³-hybridized carbons (Fsp3) is 0.562. The molecule has 20 heavy (non-hydrogen) atoms. The van der Waals surface area contributed by atoms with Gasteiger partial charge in [0.05, 0.1) is 18.2 Å². The smallest absolute Gasteiger partial charge is 0.147 e. The molecular weight excluding hydrogens is 252 g/mol. The third kappa shape index (κ3) is 1.99. The number of ether oxygens (including phenoxy) is 1. The molecule has 1 saturated carbocycles. The summed E-state index contributed by atoms with van der Waals surface area (Å²) >= 11 is 0. The molecule has 1 aromatic carbocycles. The third-order valence-corrected chi connectivity index (χ3v) is 4.30. The van der Waals surface area contributed by atoms with Crippen molar-refractivity contribution >= 4 is 11.0 Å². The molecule has 1 aliphatic carbocycles. The van der Waals surface area contributed by atoms with E-state index in [0.29, 0.717) is 6.04 Å². The number of aryl methyl sites for hydroxylation is 1. The van der Waals surface area contributed by atoms with Crippen LogP contribution in [0.25, 0.3) is 11.0 Å². The second kappa shape index (κ2) is 4.48. The molecule has 1 aromatic heterocycles. The monoisotopic (exact) mass is 274 g/mol. The number of aliphatic hydroxyl groups is 1. The molecule has 4 nitrogen and oxygen atoms in total. The Hall–Kier alpha value is -1.55. The Labute approximate surface area is 119 Å². The lowest BCUT2D eigenvalue weighted by atomic mass is 9.92. The standard InChI is InChI=1S/C16H22N2O2/c1-10-17-15-13(18(10)12-6-5-7-12)8-11(16(2,3)19)9-14(15)20-4/h8-9,12,19H,5-7H2,1-4H3. The van der Waals surface area contributed by atoms with Crippen LogP contribution in [0.2, 0.25) is 0 Å². The summed E-state index contributed by atoms with van der Waals surface area (Å²) in [6.45, 7) is 5.64. The minimum atomic E-state index is -0.885. The van der Waals surface area contributed by atoms with Gasteiger partial charge in [-0.3, -0.25) is 0 Å². The molecule has 2 aromatic rings. The maximum atomic E-state index is 10.3. The van der Waals surface area contributed by atoms with Gasteiger partial charge in [0.25, 0.3) is 0 Å². The maximum Gasteiger partial charge on any atom is 0.147 e. The van der Waals surface area contributed by atoms with Crippen LogP contribution in [0.15, 0.2) is 12.1 Å². The molecule has 108 valence electrons. The maximum absolute atomic E-state index is 10.3. The number of fused-ring (bicyclic) bond motifs is 1. The van der Waals surface area contributed by atoms with Crippen molar-refractivity contribution in [2.75, 3.05) is 7.11 Å². The van der Waals surface area contributed by atoms with E-state index in [1.54, 1.807) is 21.0 Å². The van der Waals surface area contributed by atoms with Crippen LogP contribution in [-0.4, -0.2) is 21.8 Å². The largest absolute Gasteiger partial charge is 0.494 e. The molecule has 0 radical (unpaired) electrons. The Kier molecular flexibility index (Phi) is 3.01.